The van der Waals surface area contributed by atoms with Crippen molar-refractivity contribution in [3.63, 3.8) is 0 Å². The summed E-state index contributed by atoms with van der Waals surface area (Å²) in [6.07, 6.45) is 5.47. The highest BCUT2D eigenvalue weighted by molar-refractivity contribution is 7.14. The Balaban J connectivity index is 1.35. The number of carbonyl (C=O) groups excluding carboxylic acids is 2. The molecule has 8 heteroatoms. The van der Waals surface area contributed by atoms with Crippen LogP contribution in [0, 0.1) is 12.8 Å². The molecule has 0 saturated carbocycles. The van der Waals surface area contributed by atoms with Gasteiger partial charge in [0.05, 0.1) is 23.8 Å². The Kier molecular flexibility index (Phi) is 6.53. The number of morpholine rings is 1. The Morgan fingerprint density at radius 3 is 2.90 bits per heavy atom. The van der Waals surface area contributed by atoms with Gasteiger partial charge in [-0.15, -0.1) is 11.3 Å². The minimum absolute atomic E-state index is 0.0376. The van der Waals surface area contributed by atoms with Crippen LogP contribution in [-0.2, 0) is 35.5 Å². The van der Waals surface area contributed by atoms with Crippen LogP contribution in [0.5, 0.6) is 0 Å². The van der Waals surface area contributed by atoms with Crippen LogP contribution in [0.15, 0.2) is 12.3 Å². The first-order valence-electron chi connectivity index (χ1n) is 10.8. The van der Waals surface area contributed by atoms with Crippen molar-refractivity contribution in [3.8, 4) is 0 Å². The molecule has 2 aromatic rings. The molecule has 2 aliphatic rings. The smallest absolute Gasteiger partial charge is 0.264 e. The van der Waals surface area contributed by atoms with E-state index in [0.717, 1.165) is 47.5 Å². The number of ether oxygens (including phenoxy) is 1. The van der Waals surface area contributed by atoms with Gasteiger partial charge in [-0.25, -0.2) is 0 Å². The second-order valence-corrected chi connectivity index (χ2v) is 9.26. The monoisotopic (exact) mass is 430 g/mol. The number of nitrogens with one attached hydrogen (secondary N) is 1. The molecule has 162 valence electrons. The maximum absolute atomic E-state index is 12.8. The fraction of sp³-hybridized carbons (Fsp3) is 0.591. The number of amides is 2. The van der Waals surface area contributed by atoms with Gasteiger partial charge in [-0.2, -0.15) is 5.10 Å². The maximum atomic E-state index is 12.8. The standard InChI is InChI=1S/C22H30N4O3S/c1-3-6-26-14-18(15(2)24-26)13-23-21(27)16-4-5-19-17(11-16)12-20(30-19)22(28)25-7-9-29-10-8-25/h12,14,16H,3-11,13H2,1-2H3,(H,23,27)/t16-/m1/s1. The fourth-order valence-corrected chi connectivity index (χ4v) is 5.35. The van der Waals surface area contributed by atoms with Gasteiger partial charge in [-0.1, -0.05) is 6.92 Å². The Bertz CT molecular complexity index is 914. The average Bonchev–Trinajstić information content (AvgIpc) is 3.34. The lowest BCUT2D eigenvalue weighted by molar-refractivity contribution is -0.125. The van der Waals surface area contributed by atoms with Gasteiger partial charge in [0, 0.05) is 48.7 Å². The summed E-state index contributed by atoms with van der Waals surface area (Å²) in [5.41, 5.74) is 3.20. The molecule has 0 spiro atoms. The van der Waals surface area contributed by atoms with Crippen molar-refractivity contribution in [3.05, 3.63) is 38.8 Å². The topological polar surface area (TPSA) is 76.5 Å². The van der Waals surface area contributed by atoms with Crippen molar-refractivity contribution in [1.29, 1.82) is 0 Å². The summed E-state index contributed by atoms with van der Waals surface area (Å²) in [5, 5.41) is 7.60. The van der Waals surface area contributed by atoms with Crippen LogP contribution in [-0.4, -0.2) is 52.8 Å². The van der Waals surface area contributed by atoms with Crippen molar-refractivity contribution in [2.75, 3.05) is 26.3 Å². The summed E-state index contributed by atoms with van der Waals surface area (Å²) in [6, 6.07) is 2.01. The number of hydrogen-bond donors (Lipinski definition) is 1. The second-order valence-electron chi connectivity index (χ2n) is 8.12. The lowest BCUT2D eigenvalue weighted by Crippen LogP contribution is -2.40. The number of rotatable bonds is 6. The van der Waals surface area contributed by atoms with Gasteiger partial charge in [0.2, 0.25) is 5.91 Å². The van der Waals surface area contributed by atoms with E-state index in [1.54, 1.807) is 11.3 Å². The molecule has 1 fully saturated rings. The van der Waals surface area contributed by atoms with Gasteiger partial charge in [0.1, 0.15) is 0 Å². The van der Waals surface area contributed by atoms with Gasteiger partial charge >= 0.3 is 0 Å². The van der Waals surface area contributed by atoms with E-state index in [1.807, 2.05) is 28.8 Å². The largest absolute Gasteiger partial charge is 0.378 e. The number of thiophene rings is 1. The Labute approximate surface area is 181 Å². The number of hydrogen-bond acceptors (Lipinski definition) is 5. The number of carbonyl (C=O) groups is 2. The fourth-order valence-electron chi connectivity index (χ4n) is 4.18. The third-order valence-corrected chi connectivity index (χ3v) is 7.14. The zero-order valence-corrected chi connectivity index (χ0v) is 18.6. The maximum Gasteiger partial charge on any atom is 0.264 e. The SMILES string of the molecule is CCCn1cc(CNC(=O)[C@@H]2CCc3sc(C(=O)N4CCOCC4)cc3C2)c(C)n1. The molecule has 1 saturated heterocycles. The van der Waals surface area contributed by atoms with Gasteiger partial charge in [-0.3, -0.25) is 14.3 Å². The zero-order chi connectivity index (χ0) is 21.1. The molecular formula is C22H30N4O3S. The molecule has 0 bridgehead atoms. The van der Waals surface area contributed by atoms with Crippen molar-refractivity contribution in [1.82, 2.24) is 20.0 Å². The summed E-state index contributed by atoms with van der Waals surface area (Å²) < 4.78 is 7.29. The molecule has 0 unspecified atom stereocenters. The molecule has 0 radical (unpaired) electrons. The van der Waals surface area contributed by atoms with E-state index in [0.29, 0.717) is 39.3 Å². The molecule has 2 amide bonds. The normalized spacial score (nSPS) is 18.9. The minimum Gasteiger partial charge on any atom is -0.378 e. The van der Waals surface area contributed by atoms with E-state index >= 15 is 0 Å². The molecule has 0 aromatic carbocycles. The van der Waals surface area contributed by atoms with Gasteiger partial charge < -0.3 is 15.0 Å². The molecule has 30 heavy (non-hydrogen) atoms. The third-order valence-electron chi connectivity index (χ3n) is 5.92. The van der Waals surface area contributed by atoms with E-state index in [4.69, 9.17) is 4.74 Å². The summed E-state index contributed by atoms with van der Waals surface area (Å²) in [6.45, 7) is 8.04. The van der Waals surface area contributed by atoms with Crippen molar-refractivity contribution < 1.29 is 14.3 Å². The van der Waals surface area contributed by atoms with E-state index in [1.165, 1.54) is 4.88 Å². The van der Waals surface area contributed by atoms with Crippen LogP contribution in [0.2, 0.25) is 0 Å². The van der Waals surface area contributed by atoms with E-state index in [2.05, 4.69) is 17.3 Å². The van der Waals surface area contributed by atoms with E-state index < -0.39 is 0 Å². The Hall–Kier alpha value is -2.19. The van der Waals surface area contributed by atoms with Crippen LogP contribution in [0.3, 0.4) is 0 Å². The summed E-state index contributed by atoms with van der Waals surface area (Å²) in [4.78, 5) is 29.5. The predicted octanol–water partition coefficient (Wildman–Crippen LogP) is 2.56. The summed E-state index contributed by atoms with van der Waals surface area (Å²) in [7, 11) is 0. The highest BCUT2D eigenvalue weighted by Gasteiger charge is 2.29. The minimum atomic E-state index is -0.0376. The van der Waals surface area contributed by atoms with Gasteiger partial charge in [0.15, 0.2) is 0 Å². The quantitative estimate of drug-likeness (QED) is 0.764. The molecule has 1 N–H and O–H groups in total. The highest BCUT2D eigenvalue weighted by atomic mass is 32.1. The van der Waals surface area contributed by atoms with E-state index in [9.17, 15) is 9.59 Å². The lowest BCUT2D eigenvalue weighted by atomic mass is 9.87. The summed E-state index contributed by atoms with van der Waals surface area (Å²) in [5.74, 6) is 0.151. The van der Waals surface area contributed by atoms with Crippen LogP contribution in [0.1, 0.15) is 51.1 Å². The van der Waals surface area contributed by atoms with Crippen LogP contribution in [0.4, 0.5) is 0 Å². The van der Waals surface area contributed by atoms with Crippen molar-refractivity contribution in [2.24, 2.45) is 5.92 Å². The first kappa shape index (κ1) is 21.1. The average molecular weight is 431 g/mol. The second kappa shape index (κ2) is 9.31. The molecular weight excluding hydrogens is 400 g/mol. The molecule has 2 aromatic heterocycles. The van der Waals surface area contributed by atoms with Crippen LogP contribution in [0.25, 0.3) is 0 Å². The molecule has 3 heterocycles. The Morgan fingerprint density at radius 1 is 1.33 bits per heavy atom. The molecule has 7 nitrogen and oxygen atoms in total. The summed E-state index contributed by atoms with van der Waals surface area (Å²) >= 11 is 1.60. The van der Waals surface area contributed by atoms with Crippen molar-refractivity contribution in [2.45, 2.75) is 52.6 Å². The van der Waals surface area contributed by atoms with Gasteiger partial charge in [-0.05, 0) is 44.2 Å². The number of fused-ring (bicyclic) bond motifs is 1. The number of aromatic nitrogens is 2. The predicted molar refractivity (Wildman–Crippen MR) is 116 cm³/mol. The first-order chi connectivity index (χ1) is 14.5. The number of nitrogens with zero attached hydrogens (tertiary/aromatic N) is 3. The molecule has 1 aliphatic heterocycles. The van der Waals surface area contributed by atoms with E-state index in [-0.39, 0.29) is 17.7 Å². The van der Waals surface area contributed by atoms with Crippen molar-refractivity contribution >= 4 is 23.2 Å². The highest BCUT2D eigenvalue weighted by Crippen LogP contribution is 2.33. The lowest BCUT2D eigenvalue weighted by Gasteiger charge is -2.26. The third kappa shape index (κ3) is 4.59. The molecule has 1 atom stereocenters. The molecule has 4 rings (SSSR count). The first-order valence-corrected chi connectivity index (χ1v) is 11.7. The van der Waals surface area contributed by atoms with Crippen LogP contribution >= 0.6 is 11.3 Å². The number of aryl methyl sites for hydroxylation is 3. The Morgan fingerprint density at radius 2 is 2.13 bits per heavy atom. The molecule has 1 aliphatic carbocycles. The van der Waals surface area contributed by atoms with Gasteiger partial charge in [0.25, 0.3) is 5.91 Å². The zero-order valence-electron chi connectivity index (χ0n) is 17.8. The van der Waals surface area contributed by atoms with Crippen LogP contribution < -0.4 is 5.32 Å².